The maximum Gasteiger partial charge on any atom is 0.336 e. The molecule has 1 saturated heterocycles. The van der Waals surface area contributed by atoms with Crippen molar-refractivity contribution in [3.05, 3.63) is 17.8 Å². The van der Waals surface area contributed by atoms with Crippen molar-refractivity contribution in [3.63, 3.8) is 0 Å². The van der Waals surface area contributed by atoms with Gasteiger partial charge in [0, 0.05) is 18.5 Å². The molecule has 0 spiro atoms. The molecule has 6 heteroatoms. The second kappa shape index (κ2) is 6.38. The maximum atomic E-state index is 11.7. The Balaban J connectivity index is 2.12. The van der Waals surface area contributed by atoms with E-state index in [1.807, 2.05) is 13.8 Å². The van der Waals surface area contributed by atoms with E-state index >= 15 is 0 Å². The summed E-state index contributed by atoms with van der Waals surface area (Å²) in [5.74, 6) is 1.19. The lowest BCUT2D eigenvalue weighted by molar-refractivity contribution is -0.168. The first-order valence-corrected chi connectivity index (χ1v) is 7.66. The lowest BCUT2D eigenvalue weighted by Crippen LogP contribution is -2.50. The molecule has 0 unspecified atom stereocenters. The summed E-state index contributed by atoms with van der Waals surface area (Å²) in [4.78, 5) is 18.3. The second-order valence-electron chi connectivity index (χ2n) is 6.90. The Bertz CT molecular complexity index is 520. The van der Waals surface area contributed by atoms with E-state index in [2.05, 4.69) is 30.7 Å². The van der Waals surface area contributed by atoms with Crippen molar-refractivity contribution in [3.8, 4) is 0 Å². The highest BCUT2D eigenvalue weighted by Gasteiger charge is 2.35. The Hall–Kier alpha value is -1.40. The summed E-state index contributed by atoms with van der Waals surface area (Å²) in [5.41, 5.74) is -0.0716. The van der Waals surface area contributed by atoms with E-state index in [0.717, 1.165) is 12.3 Å². The zero-order valence-corrected chi connectivity index (χ0v) is 14.3. The van der Waals surface area contributed by atoms with E-state index < -0.39 is 6.10 Å². The van der Waals surface area contributed by atoms with Crippen LogP contribution in [0.1, 0.15) is 52.3 Å². The first kappa shape index (κ1) is 17.0. The first-order valence-electron chi connectivity index (χ1n) is 7.66. The van der Waals surface area contributed by atoms with Gasteiger partial charge in [-0.3, -0.25) is 4.90 Å². The average Bonchev–Trinajstić information content (AvgIpc) is 2.94. The molecule has 6 nitrogen and oxygen atoms in total. The first-order chi connectivity index (χ1) is 10.2. The van der Waals surface area contributed by atoms with Crippen LogP contribution in [-0.4, -0.2) is 48.3 Å². The summed E-state index contributed by atoms with van der Waals surface area (Å²) in [6.07, 6.45) is 1.18. The molecule has 0 radical (unpaired) electrons. The molecule has 1 aliphatic rings. The third kappa shape index (κ3) is 3.67. The molecular weight excluding hydrogens is 284 g/mol. The highest BCUT2D eigenvalue weighted by atomic mass is 16.6. The Labute approximate surface area is 131 Å². The van der Waals surface area contributed by atoms with Crippen LogP contribution in [0.2, 0.25) is 0 Å². The zero-order valence-electron chi connectivity index (χ0n) is 14.3. The number of carbonyl (C=O) groups is 1. The number of oxazole rings is 1. The van der Waals surface area contributed by atoms with Crippen LogP contribution >= 0.6 is 0 Å². The number of hydrogen-bond acceptors (Lipinski definition) is 6. The third-order valence-electron chi connectivity index (χ3n) is 3.92. The van der Waals surface area contributed by atoms with Crippen molar-refractivity contribution in [2.45, 2.75) is 58.3 Å². The fourth-order valence-corrected chi connectivity index (χ4v) is 2.55. The monoisotopic (exact) mass is 310 g/mol. The summed E-state index contributed by atoms with van der Waals surface area (Å²) in [6, 6.07) is -0.0189. The highest BCUT2D eigenvalue weighted by Crippen LogP contribution is 2.28. The van der Waals surface area contributed by atoms with Gasteiger partial charge in [-0.25, -0.2) is 9.78 Å². The molecule has 0 bridgehead atoms. The predicted octanol–water partition coefficient (Wildman–Crippen LogP) is 2.30. The van der Waals surface area contributed by atoms with Crippen LogP contribution in [0.15, 0.2) is 10.6 Å². The predicted molar refractivity (Wildman–Crippen MR) is 81.5 cm³/mol. The van der Waals surface area contributed by atoms with Gasteiger partial charge in [0.2, 0.25) is 5.89 Å². The molecule has 0 aliphatic carbocycles. The number of ether oxygens (including phenoxy) is 2. The molecule has 0 saturated carbocycles. The molecule has 1 aliphatic heterocycles. The molecule has 22 heavy (non-hydrogen) atoms. The number of morpholine rings is 1. The van der Waals surface area contributed by atoms with E-state index in [0.29, 0.717) is 12.4 Å². The minimum atomic E-state index is -0.562. The van der Waals surface area contributed by atoms with Gasteiger partial charge in [0.25, 0.3) is 0 Å². The second-order valence-corrected chi connectivity index (χ2v) is 6.90. The molecule has 124 valence electrons. The summed E-state index contributed by atoms with van der Waals surface area (Å²) in [7, 11) is 1.38. The quantitative estimate of drug-likeness (QED) is 0.798. The van der Waals surface area contributed by atoms with Crippen LogP contribution in [0, 0.1) is 0 Å². The fraction of sp³-hybridized carbons (Fsp3) is 0.750. The summed E-state index contributed by atoms with van der Waals surface area (Å²) >= 11 is 0. The molecule has 1 fully saturated rings. The van der Waals surface area contributed by atoms with Crippen molar-refractivity contribution in [2.75, 3.05) is 20.2 Å². The van der Waals surface area contributed by atoms with Crippen molar-refractivity contribution in [1.29, 1.82) is 0 Å². The number of nitrogens with zero attached hydrogens (tertiary/aromatic N) is 2. The smallest absolute Gasteiger partial charge is 0.336 e. The Morgan fingerprint density at radius 3 is 2.68 bits per heavy atom. The summed E-state index contributed by atoms with van der Waals surface area (Å²) < 4.78 is 16.3. The molecular formula is C16H26N2O4. The van der Waals surface area contributed by atoms with Crippen molar-refractivity contribution in [1.82, 2.24) is 9.88 Å². The van der Waals surface area contributed by atoms with Crippen LogP contribution in [0.5, 0.6) is 0 Å². The van der Waals surface area contributed by atoms with Gasteiger partial charge in [0.05, 0.1) is 25.5 Å². The van der Waals surface area contributed by atoms with E-state index in [-0.39, 0.29) is 23.5 Å². The molecule has 0 amide bonds. The summed E-state index contributed by atoms with van der Waals surface area (Å²) in [5, 5.41) is 0. The maximum absolute atomic E-state index is 11.7. The number of methoxy groups -OCH3 is 1. The zero-order chi connectivity index (χ0) is 16.5. The van der Waals surface area contributed by atoms with Crippen molar-refractivity contribution < 1.29 is 18.7 Å². The molecule has 2 rings (SSSR count). The number of aromatic nitrogens is 1. The highest BCUT2D eigenvalue weighted by molar-refractivity contribution is 5.75. The summed E-state index contributed by atoms with van der Waals surface area (Å²) in [6.45, 7) is 11.5. The molecule has 1 aromatic rings. The van der Waals surface area contributed by atoms with Gasteiger partial charge in [0.15, 0.2) is 6.10 Å². The molecule has 3 atom stereocenters. The lowest BCUT2D eigenvalue weighted by Gasteiger charge is -2.37. The van der Waals surface area contributed by atoms with Gasteiger partial charge < -0.3 is 13.9 Å². The Morgan fingerprint density at radius 2 is 2.14 bits per heavy atom. The van der Waals surface area contributed by atoms with Gasteiger partial charge in [-0.05, 0) is 13.8 Å². The van der Waals surface area contributed by atoms with Crippen molar-refractivity contribution in [2.24, 2.45) is 0 Å². The van der Waals surface area contributed by atoms with Gasteiger partial charge in [0.1, 0.15) is 5.76 Å². The number of esters is 1. The topological polar surface area (TPSA) is 64.8 Å². The average molecular weight is 310 g/mol. The van der Waals surface area contributed by atoms with Gasteiger partial charge in [-0.2, -0.15) is 0 Å². The van der Waals surface area contributed by atoms with Gasteiger partial charge in [-0.15, -0.1) is 0 Å². The minimum Gasteiger partial charge on any atom is -0.467 e. The van der Waals surface area contributed by atoms with E-state index in [4.69, 9.17) is 13.9 Å². The Kier molecular flexibility index (Phi) is 4.92. The van der Waals surface area contributed by atoms with E-state index in [9.17, 15) is 4.79 Å². The van der Waals surface area contributed by atoms with Crippen LogP contribution in [0.25, 0.3) is 0 Å². The van der Waals surface area contributed by atoms with Crippen LogP contribution < -0.4 is 0 Å². The van der Waals surface area contributed by atoms with E-state index in [1.54, 1.807) is 6.20 Å². The number of rotatable bonds is 3. The third-order valence-corrected chi connectivity index (χ3v) is 3.92. The van der Waals surface area contributed by atoms with Gasteiger partial charge >= 0.3 is 5.97 Å². The molecule has 2 heterocycles. The molecule has 0 aromatic carbocycles. The van der Waals surface area contributed by atoms with E-state index in [1.165, 1.54) is 7.11 Å². The lowest BCUT2D eigenvalue weighted by atomic mass is 9.94. The van der Waals surface area contributed by atoms with Crippen molar-refractivity contribution >= 4 is 5.97 Å². The molecule has 1 aromatic heterocycles. The fourth-order valence-electron chi connectivity index (χ4n) is 2.55. The standard InChI is InChI=1S/C16H26N2O4/c1-10-8-18(9-12(21-10)15(19)20-6)11(2)14-17-7-13(22-14)16(3,4)5/h7,10-12H,8-9H2,1-6H3/t10-,11+,12-/m1/s1. The minimum absolute atomic E-state index is 0.0189. The van der Waals surface area contributed by atoms with Crippen LogP contribution in [0.3, 0.4) is 0 Å². The number of hydrogen-bond donors (Lipinski definition) is 0. The normalized spacial score (nSPS) is 25.0. The van der Waals surface area contributed by atoms with Crippen LogP contribution in [-0.2, 0) is 19.7 Å². The SMILES string of the molecule is COC(=O)[C@H]1CN([C@@H](C)c2ncc(C(C)(C)C)o2)C[C@@H](C)O1. The van der Waals surface area contributed by atoms with Crippen LogP contribution in [0.4, 0.5) is 0 Å². The molecule has 0 N–H and O–H groups in total. The van der Waals surface area contributed by atoms with Gasteiger partial charge in [-0.1, -0.05) is 20.8 Å². The largest absolute Gasteiger partial charge is 0.467 e. The Morgan fingerprint density at radius 1 is 1.45 bits per heavy atom. The number of carbonyl (C=O) groups excluding carboxylic acids is 1.